The molecule has 0 aromatic rings. The smallest absolute Gasteiger partial charge is 0.325 e. The summed E-state index contributed by atoms with van der Waals surface area (Å²) >= 11 is 0. The molecule has 0 atom stereocenters. The van der Waals surface area contributed by atoms with Gasteiger partial charge in [-0.05, 0) is 0 Å². The molecule has 5 nitrogen and oxygen atoms in total. The molecule has 9 heavy (non-hydrogen) atoms. The van der Waals surface area contributed by atoms with E-state index in [1.807, 2.05) is 0 Å². The maximum absolute atomic E-state index is 9.69. The number of hydrogen-bond acceptors (Lipinski definition) is 2. The zero-order valence-corrected chi connectivity index (χ0v) is 8.55. The third-order valence-electron chi connectivity index (χ3n) is 0.397. The first-order chi connectivity index (χ1) is 3.63. The molecule has 0 aliphatic heterocycles. The van der Waals surface area contributed by atoms with Gasteiger partial charge < -0.3 is 16.6 Å². The minimum atomic E-state index is -1.04. The van der Waals surface area contributed by atoms with Crippen LogP contribution in [0.15, 0.2) is 4.99 Å². The van der Waals surface area contributed by atoms with Crippen molar-refractivity contribution in [3.8, 4) is 0 Å². The van der Waals surface area contributed by atoms with Crippen LogP contribution < -0.4 is 11.5 Å². The van der Waals surface area contributed by atoms with Crippen LogP contribution in [-0.2, 0) is 4.79 Å². The number of carboxylic acid groups (broad SMARTS) is 1. The summed E-state index contributed by atoms with van der Waals surface area (Å²) in [6, 6.07) is 0. The van der Waals surface area contributed by atoms with Gasteiger partial charge in [-0.25, -0.2) is 4.99 Å². The van der Waals surface area contributed by atoms with Gasteiger partial charge in [-0.1, -0.05) is 0 Å². The minimum absolute atomic E-state index is 0. The molecule has 5 N–H and O–H groups in total. The molecule has 0 saturated heterocycles. The van der Waals surface area contributed by atoms with Crippen molar-refractivity contribution in [3.05, 3.63) is 0 Å². The fourth-order valence-corrected chi connectivity index (χ4v) is 0.159. The number of aliphatic imine (C=N–C) groups is 1. The second-order valence-electron chi connectivity index (χ2n) is 1.13. The molecule has 50 valence electrons. The van der Waals surface area contributed by atoms with Crippen molar-refractivity contribution in [1.29, 1.82) is 0 Å². The number of guanidine groups is 1. The van der Waals surface area contributed by atoms with Crippen LogP contribution in [0.1, 0.15) is 0 Å². The van der Waals surface area contributed by atoms with Crippen molar-refractivity contribution in [1.82, 2.24) is 0 Å². The standard InChI is InChI=1S/C3H7N3O2.Pb/c4-3(5)6-1-2(7)8;/h1H2,(H,7,8)(H4,4,5,6);. The van der Waals surface area contributed by atoms with Crippen LogP contribution in [-0.4, -0.2) is 50.9 Å². The molecular formula is C3H7N3O2Pb. The number of hydrogen-bond donors (Lipinski definition) is 3. The Morgan fingerprint density at radius 1 is 1.56 bits per heavy atom. The van der Waals surface area contributed by atoms with Crippen molar-refractivity contribution >= 4 is 39.2 Å². The van der Waals surface area contributed by atoms with Crippen molar-refractivity contribution in [3.63, 3.8) is 0 Å². The molecule has 0 rings (SSSR count). The Balaban J connectivity index is 0. The fourth-order valence-electron chi connectivity index (χ4n) is 0.159. The van der Waals surface area contributed by atoms with E-state index < -0.39 is 5.97 Å². The van der Waals surface area contributed by atoms with E-state index in [0.29, 0.717) is 0 Å². The summed E-state index contributed by atoms with van der Waals surface area (Å²) in [4.78, 5) is 12.9. The van der Waals surface area contributed by atoms with Gasteiger partial charge in [0, 0.05) is 27.3 Å². The first kappa shape index (κ1) is 11.5. The Morgan fingerprint density at radius 2 is 2.00 bits per heavy atom. The van der Waals surface area contributed by atoms with E-state index in [4.69, 9.17) is 16.6 Å². The first-order valence-corrected chi connectivity index (χ1v) is 1.90. The third kappa shape index (κ3) is 11.3. The number of carbonyl (C=O) groups is 1. The van der Waals surface area contributed by atoms with Gasteiger partial charge in [0.25, 0.3) is 0 Å². The average molecular weight is 324 g/mol. The zero-order chi connectivity index (χ0) is 6.57. The summed E-state index contributed by atoms with van der Waals surface area (Å²) in [5.41, 5.74) is 9.61. The van der Waals surface area contributed by atoms with E-state index in [-0.39, 0.29) is 39.8 Å². The molecule has 0 spiro atoms. The monoisotopic (exact) mass is 325 g/mol. The maximum atomic E-state index is 9.69. The van der Waals surface area contributed by atoms with Crippen LogP contribution >= 0.6 is 0 Å². The molecule has 0 aliphatic carbocycles. The molecule has 0 bridgehead atoms. The van der Waals surface area contributed by atoms with Gasteiger partial charge in [0.05, 0.1) is 0 Å². The fraction of sp³-hybridized carbons (Fsp3) is 0.333. The number of carboxylic acids is 1. The van der Waals surface area contributed by atoms with Gasteiger partial charge in [-0.3, -0.25) is 4.79 Å². The summed E-state index contributed by atoms with van der Waals surface area (Å²) in [5.74, 6) is -1.24. The number of nitrogens with zero attached hydrogens (tertiary/aromatic N) is 1. The van der Waals surface area contributed by atoms with Crippen molar-refractivity contribution in [2.45, 2.75) is 0 Å². The molecule has 0 saturated carbocycles. The summed E-state index contributed by atoms with van der Waals surface area (Å²) in [6.45, 7) is -0.359. The van der Waals surface area contributed by atoms with E-state index in [1.165, 1.54) is 0 Å². The van der Waals surface area contributed by atoms with Gasteiger partial charge >= 0.3 is 5.97 Å². The normalized spacial score (nSPS) is 7.11. The molecular weight excluding hydrogens is 317 g/mol. The summed E-state index contributed by atoms with van der Waals surface area (Å²) in [7, 11) is 0. The number of rotatable bonds is 2. The Morgan fingerprint density at radius 3 is 2.11 bits per heavy atom. The van der Waals surface area contributed by atoms with E-state index in [0.717, 1.165) is 0 Å². The molecule has 0 aliphatic rings. The second kappa shape index (κ2) is 5.79. The van der Waals surface area contributed by atoms with Gasteiger partial charge in [0.2, 0.25) is 0 Å². The summed E-state index contributed by atoms with van der Waals surface area (Å²) in [6.07, 6.45) is 0. The van der Waals surface area contributed by atoms with Crippen molar-refractivity contribution in [2.24, 2.45) is 16.5 Å². The molecule has 0 aromatic heterocycles. The molecule has 0 fully saturated rings. The Bertz CT molecular complexity index is 120. The predicted octanol–water partition coefficient (Wildman–Crippen LogP) is -2.04. The van der Waals surface area contributed by atoms with Gasteiger partial charge in [-0.15, -0.1) is 0 Å². The Labute approximate surface area is 72.3 Å². The van der Waals surface area contributed by atoms with Gasteiger partial charge in [0.15, 0.2) is 5.96 Å². The van der Waals surface area contributed by atoms with E-state index in [9.17, 15) is 4.79 Å². The largest absolute Gasteiger partial charge is 0.480 e. The molecule has 0 unspecified atom stereocenters. The number of nitrogens with two attached hydrogens (primary N) is 2. The van der Waals surface area contributed by atoms with Gasteiger partial charge in [0.1, 0.15) is 6.54 Å². The van der Waals surface area contributed by atoms with Crippen LogP contribution in [0.25, 0.3) is 0 Å². The molecule has 0 amide bonds. The SMILES string of the molecule is NC(N)=NCC(=O)O.[Pb]. The molecule has 4 radical (unpaired) electrons. The third-order valence-corrected chi connectivity index (χ3v) is 0.397. The summed E-state index contributed by atoms with van der Waals surface area (Å²) < 4.78 is 0. The topological polar surface area (TPSA) is 102 Å². The second-order valence-corrected chi connectivity index (χ2v) is 1.13. The van der Waals surface area contributed by atoms with Crippen LogP contribution in [0, 0.1) is 0 Å². The van der Waals surface area contributed by atoms with Crippen LogP contribution in [0.2, 0.25) is 0 Å². The van der Waals surface area contributed by atoms with Crippen LogP contribution in [0.3, 0.4) is 0 Å². The van der Waals surface area contributed by atoms with E-state index in [2.05, 4.69) is 4.99 Å². The van der Waals surface area contributed by atoms with Gasteiger partial charge in [-0.2, -0.15) is 0 Å². The van der Waals surface area contributed by atoms with E-state index in [1.54, 1.807) is 0 Å². The molecule has 6 heteroatoms. The first-order valence-electron chi connectivity index (χ1n) is 1.90. The van der Waals surface area contributed by atoms with Crippen molar-refractivity contribution < 1.29 is 9.90 Å². The Hall–Kier alpha value is -0.338. The average Bonchev–Trinajstić information content (AvgIpc) is 1.61. The number of aliphatic carboxylic acids is 1. The minimum Gasteiger partial charge on any atom is -0.480 e. The van der Waals surface area contributed by atoms with Crippen LogP contribution in [0.5, 0.6) is 0 Å². The van der Waals surface area contributed by atoms with E-state index >= 15 is 0 Å². The molecule has 0 heterocycles. The quantitative estimate of drug-likeness (QED) is 0.309. The van der Waals surface area contributed by atoms with Crippen molar-refractivity contribution in [2.75, 3.05) is 6.54 Å². The zero-order valence-electron chi connectivity index (χ0n) is 4.66. The maximum Gasteiger partial charge on any atom is 0.325 e. The summed E-state index contributed by atoms with van der Waals surface area (Å²) in [5, 5.41) is 7.94. The Kier molecular flexibility index (Phi) is 7.37. The van der Waals surface area contributed by atoms with Crippen LogP contribution in [0.4, 0.5) is 0 Å². The molecule has 0 aromatic carbocycles. The predicted molar refractivity (Wildman–Crippen MR) is 34.1 cm³/mol.